The van der Waals surface area contributed by atoms with Gasteiger partial charge in [-0.3, -0.25) is 4.79 Å². The van der Waals surface area contributed by atoms with Crippen LogP contribution in [0.4, 0.5) is 5.69 Å². The van der Waals surface area contributed by atoms with Gasteiger partial charge >= 0.3 is 0 Å². The summed E-state index contributed by atoms with van der Waals surface area (Å²) in [5, 5.41) is 2.49. The van der Waals surface area contributed by atoms with Gasteiger partial charge in [-0.25, -0.2) is 0 Å². The first-order valence-electron chi connectivity index (χ1n) is 6.47. The van der Waals surface area contributed by atoms with E-state index in [2.05, 4.69) is 6.07 Å². The van der Waals surface area contributed by atoms with E-state index in [1.807, 2.05) is 29.3 Å². The monoisotopic (exact) mass is 306 g/mol. The third-order valence-electron chi connectivity index (χ3n) is 3.69. The van der Waals surface area contributed by atoms with Gasteiger partial charge < -0.3 is 10.6 Å². The van der Waals surface area contributed by atoms with Crippen molar-refractivity contribution in [1.29, 1.82) is 0 Å². The van der Waals surface area contributed by atoms with Crippen LogP contribution in [0.1, 0.15) is 26.4 Å². The van der Waals surface area contributed by atoms with E-state index in [9.17, 15) is 4.79 Å². The van der Waals surface area contributed by atoms with E-state index in [1.165, 1.54) is 16.9 Å². The number of anilines is 1. The lowest BCUT2D eigenvalue weighted by Gasteiger charge is -2.29. The minimum Gasteiger partial charge on any atom is -0.398 e. The highest BCUT2D eigenvalue weighted by Crippen LogP contribution is 2.31. The van der Waals surface area contributed by atoms with Crippen LogP contribution in [0.3, 0.4) is 0 Å². The number of benzene rings is 1. The van der Waals surface area contributed by atoms with Gasteiger partial charge in [-0.2, -0.15) is 0 Å². The number of halogens is 1. The molecular weight excluding hydrogens is 292 g/mol. The number of hydrogen-bond acceptors (Lipinski definition) is 3. The Kier molecular flexibility index (Phi) is 3.44. The van der Waals surface area contributed by atoms with Gasteiger partial charge in [0.15, 0.2) is 0 Å². The maximum absolute atomic E-state index is 12.6. The fourth-order valence-corrected chi connectivity index (χ4v) is 3.74. The predicted molar refractivity (Wildman–Crippen MR) is 83.4 cm³/mol. The summed E-state index contributed by atoms with van der Waals surface area (Å²) in [4.78, 5) is 15.0. The van der Waals surface area contributed by atoms with Crippen LogP contribution in [0.5, 0.6) is 0 Å². The van der Waals surface area contributed by atoms with Gasteiger partial charge in [-0.15, -0.1) is 11.3 Å². The Labute approximate surface area is 127 Å². The molecule has 1 aromatic carbocycles. The Morgan fingerprint density at radius 1 is 1.45 bits per heavy atom. The number of nitrogens with two attached hydrogens (primary N) is 1. The van der Waals surface area contributed by atoms with Crippen LogP contribution in [-0.2, 0) is 13.0 Å². The number of hydrogen-bond donors (Lipinski definition) is 1. The SMILES string of the molecule is Cc1csc(C(=O)N2CCc3cccc(N)c3C2)c1Cl. The number of rotatable bonds is 1. The quantitative estimate of drug-likeness (QED) is 0.820. The average Bonchev–Trinajstić information content (AvgIpc) is 2.78. The van der Waals surface area contributed by atoms with E-state index in [-0.39, 0.29) is 5.91 Å². The van der Waals surface area contributed by atoms with Crippen LogP contribution in [0.25, 0.3) is 0 Å². The number of amides is 1. The van der Waals surface area contributed by atoms with Crippen molar-refractivity contribution < 1.29 is 4.79 Å². The molecule has 0 radical (unpaired) electrons. The molecule has 0 aliphatic carbocycles. The zero-order valence-electron chi connectivity index (χ0n) is 11.1. The molecule has 0 fully saturated rings. The molecule has 2 N–H and O–H groups in total. The molecule has 1 aliphatic heterocycles. The summed E-state index contributed by atoms with van der Waals surface area (Å²) in [6, 6.07) is 5.93. The molecule has 1 aliphatic rings. The lowest BCUT2D eigenvalue weighted by atomic mass is 9.98. The second-order valence-corrected chi connectivity index (χ2v) is 6.28. The molecule has 3 nitrogen and oxygen atoms in total. The molecule has 2 aromatic rings. The summed E-state index contributed by atoms with van der Waals surface area (Å²) < 4.78 is 0. The van der Waals surface area contributed by atoms with Crippen molar-refractivity contribution in [3.05, 3.63) is 50.2 Å². The van der Waals surface area contributed by atoms with Crippen molar-refractivity contribution in [3.8, 4) is 0 Å². The highest BCUT2D eigenvalue weighted by molar-refractivity contribution is 7.13. The summed E-state index contributed by atoms with van der Waals surface area (Å²) in [7, 11) is 0. The lowest BCUT2D eigenvalue weighted by Crippen LogP contribution is -2.36. The van der Waals surface area contributed by atoms with Crippen LogP contribution in [0.15, 0.2) is 23.6 Å². The van der Waals surface area contributed by atoms with Crippen molar-refractivity contribution in [1.82, 2.24) is 4.90 Å². The van der Waals surface area contributed by atoms with Gasteiger partial charge in [0.1, 0.15) is 4.88 Å². The maximum atomic E-state index is 12.6. The fraction of sp³-hybridized carbons (Fsp3) is 0.267. The molecule has 0 atom stereocenters. The zero-order chi connectivity index (χ0) is 14.3. The van der Waals surface area contributed by atoms with Crippen LogP contribution < -0.4 is 5.73 Å². The van der Waals surface area contributed by atoms with Crippen LogP contribution in [0.2, 0.25) is 5.02 Å². The van der Waals surface area contributed by atoms with Crippen molar-refractivity contribution in [2.75, 3.05) is 12.3 Å². The highest BCUT2D eigenvalue weighted by atomic mass is 35.5. The Bertz CT molecular complexity index is 681. The molecule has 0 saturated carbocycles. The molecule has 0 spiro atoms. The first kappa shape index (κ1) is 13.5. The van der Waals surface area contributed by atoms with Gasteiger partial charge in [-0.05, 0) is 41.5 Å². The molecule has 5 heteroatoms. The predicted octanol–water partition coefficient (Wildman–Crippen LogP) is 3.49. The summed E-state index contributed by atoms with van der Waals surface area (Å²) in [5.41, 5.74) is 10.0. The van der Waals surface area contributed by atoms with Crippen LogP contribution in [-0.4, -0.2) is 17.4 Å². The minimum atomic E-state index is 0.00185. The summed E-state index contributed by atoms with van der Waals surface area (Å²) >= 11 is 7.60. The van der Waals surface area contributed by atoms with Gasteiger partial charge in [-0.1, -0.05) is 23.7 Å². The highest BCUT2D eigenvalue weighted by Gasteiger charge is 2.25. The standard InChI is InChI=1S/C15H15ClN2OS/c1-9-8-20-14(13(9)16)15(19)18-6-5-10-3-2-4-12(17)11(10)7-18/h2-4,8H,5-7,17H2,1H3. The lowest BCUT2D eigenvalue weighted by molar-refractivity contribution is 0.0740. The molecule has 2 heterocycles. The number of nitrogens with zero attached hydrogens (tertiary/aromatic N) is 1. The Morgan fingerprint density at radius 2 is 2.25 bits per heavy atom. The number of thiophene rings is 1. The van der Waals surface area contributed by atoms with E-state index in [1.54, 1.807) is 0 Å². The van der Waals surface area contributed by atoms with Crippen molar-refractivity contribution in [2.45, 2.75) is 19.9 Å². The summed E-state index contributed by atoms with van der Waals surface area (Å²) in [5.74, 6) is 0.00185. The van der Waals surface area contributed by atoms with E-state index in [0.29, 0.717) is 23.0 Å². The first-order valence-corrected chi connectivity index (χ1v) is 7.73. The van der Waals surface area contributed by atoms with Crippen molar-refractivity contribution in [2.24, 2.45) is 0 Å². The van der Waals surface area contributed by atoms with Crippen LogP contribution in [0, 0.1) is 6.92 Å². The second kappa shape index (κ2) is 5.11. The molecule has 3 rings (SSSR count). The zero-order valence-corrected chi connectivity index (χ0v) is 12.7. The van der Waals surface area contributed by atoms with E-state index >= 15 is 0 Å². The summed E-state index contributed by atoms with van der Waals surface area (Å²) in [6.45, 7) is 3.19. The topological polar surface area (TPSA) is 46.3 Å². The molecular formula is C15H15ClN2OS. The third kappa shape index (κ3) is 2.19. The molecule has 20 heavy (non-hydrogen) atoms. The van der Waals surface area contributed by atoms with Gasteiger partial charge in [0.2, 0.25) is 0 Å². The fourth-order valence-electron chi connectivity index (χ4n) is 2.50. The van der Waals surface area contributed by atoms with Crippen molar-refractivity contribution in [3.63, 3.8) is 0 Å². The Hall–Kier alpha value is -1.52. The molecule has 0 bridgehead atoms. The van der Waals surface area contributed by atoms with Crippen molar-refractivity contribution >= 4 is 34.5 Å². The largest absolute Gasteiger partial charge is 0.398 e. The summed E-state index contributed by atoms with van der Waals surface area (Å²) in [6.07, 6.45) is 0.841. The molecule has 1 amide bonds. The number of carbonyl (C=O) groups excluding carboxylic acids is 1. The number of carbonyl (C=O) groups is 1. The second-order valence-electron chi connectivity index (χ2n) is 5.02. The maximum Gasteiger partial charge on any atom is 0.265 e. The number of fused-ring (bicyclic) bond motifs is 1. The average molecular weight is 307 g/mol. The number of nitrogen functional groups attached to an aromatic ring is 1. The first-order chi connectivity index (χ1) is 9.58. The Morgan fingerprint density at radius 3 is 2.95 bits per heavy atom. The van der Waals surface area contributed by atoms with Crippen LogP contribution >= 0.6 is 22.9 Å². The van der Waals surface area contributed by atoms with E-state index in [4.69, 9.17) is 17.3 Å². The van der Waals surface area contributed by atoms with E-state index in [0.717, 1.165) is 23.2 Å². The smallest absolute Gasteiger partial charge is 0.265 e. The van der Waals surface area contributed by atoms with Gasteiger partial charge in [0.25, 0.3) is 5.91 Å². The van der Waals surface area contributed by atoms with E-state index < -0.39 is 0 Å². The number of aryl methyl sites for hydroxylation is 1. The third-order valence-corrected chi connectivity index (χ3v) is 5.37. The minimum absolute atomic E-state index is 0.00185. The van der Waals surface area contributed by atoms with Gasteiger partial charge in [0, 0.05) is 18.8 Å². The molecule has 0 saturated heterocycles. The molecule has 1 aromatic heterocycles. The normalized spacial score (nSPS) is 14.2. The Balaban J connectivity index is 1.89. The van der Waals surface area contributed by atoms with Gasteiger partial charge in [0.05, 0.1) is 5.02 Å². The molecule has 104 valence electrons. The molecule has 0 unspecified atom stereocenters.